The van der Waals surface area contributed by atoms with E-state index in [1.165, 1.54) is 11.8 Å². The lowest BCUT2D eigenvalue weighted by atomic mass is 10.2. The summed E-state index contributed by atoms with van der Waals surface area (Å²) in [6.45, 7) is 3.40. The number of hydrogen-bond donors (Lipinski definition) is 1. The van der Waals surface area contributed by atoms with Crippen LogP contribution in [-0.4, -0.2) is 52.0 Å². The quantitative estimate of drug-likeness (QED) is 0.550. The first-order chi connectivity index (χ1) is 15.7. The molecule has 2 aliphatic heterocycles. The fourth-order valence-corrected chi connectivity index (χ4v) is 4.65. The normalized spacial score (nSPS) is 18.0. The molecule has 3 heterocycles. The smallest absolute Gasteiger partial charge is 0.233 e. The van der Waals surface area contributed by atoms with Crippen molar-refractivity contribution in [3.05, 3.63) is 48.5 Å². The van der Waals surface area contributed by atoms with Gasteiger partial charge in [-0.1, -0.05) is 30.0 Å². The molecule has 0 aliphatic carbocycles. The predicted molar refractivity (Wildman–Crippen MR) is 120 cm³/mol. The molecule has 0 saturated carbocycles. The van der Waals surface area contributed by atoms with Crippen LogP contribution in [0, 0.1) is 0 Å². The van der Waals surface area contributed by atoms with Gasteiger partial charge in [0, 0.05) is 24.4 Å². The van der Waals surface area contributed by atoms with E-state index in [1.54, 1.807) is 0 Å². The summed E-state index contributed by atoms with van der Waals surface area (Å²) in [4.78, 5) is 12.7. The summed E-state index contributed by atoms with van der Waals surface area (Å²) in [6, 6.07) is 15.6. The summed E-state index contributed by atoms with van der Waals surface area (Å²) in [5.41, 5.74) is 1.77. The Balaban J connectivity index is 1.40. The monoisotopic (exact) mass is 452 g/mol. The number of nitrogens with zero attached hydrogens (tertiary/aromatic N) is 3. The minimum absolute atomic E-state index is 0.0438. The molecule has 0 spiro atoms. The van der Waals surface area contributed by atoms with Gasteiger partial charge in [-0.3, -0.25) is 9.36 Å². The Hall–Kier alpha value is -3.04. The molecule has 1 saturated heterocycles. The van der Waals surface area contributed by atoms with Crippen molar-refractivity contribution in [2.75, 3.05) is 19.9 Å². The molecule has 0 radical (unpaired) electrons. The van der Waals surface area contributed by atoms with Crippen LogP contribution in [0.2, 0.25) is 0 Å². The number of amides is 1. The van der Waals surface area contributed by atoms with Crippen molar-refractivity contribution >= 4 is 17.7 Å². The van der Waals surface area contributed by atoms with E-state index in [4.69, 9.17) is 14.2 Å². The van der Waals surface area contributed by atoms with E-state index in [0.717, 1.165) is 30.7 Å². The second-order valence-corrected chi connectivity index (χ2v) is 8.99. The van der Waals surface area contributed by atoms with Crippen LogP contribution in [0.1, 0.15) is 19.8 Å². The highest BCUT2D eigenvalue weighted by atomic mass is 32.2. The Morgan fingerprint density at radius 1 is 1.19 bits per heavy atom. The Kier molecular flexibility index (Phi) is 6.00. The van der Waals surface area contributed by atoms with E-state index >= 15 is 0 Å². The SMILES string of the molecule is C[C@@H](Sc1nnc(-c2ccc3c(c2)OCO3)n1-c1ccccc1)C(=O)NC[C@@H]1CCCO1. The van der Waals surface area contributed by atoms with Gasteiger partial charge in [-0.25, -0.2) is 0 Å². The van der Waals surface area contributed by atoms with Gasteiger partial charge in [0.25, 0.3) is 0 Å². The third kappa shape index (κ3) is 4.31. The number of fused-ring (bicyclic) bond motifs is 1. The largest absolute Gasteiger partial charge is 0.454 e. The van der Waals surface area contributed by atoms with Crippen LogP contribution in [0.25, 0.3) is 17.1 Å². The van der Waals surface area contributed by atoms with Crippen LogP contribution in [0.15, 0.2) is 53.7 Å². The van der Waals surface area contributed by atoms with Crippen LogP contribution in [0.5, 0.6) is 11.5 Å². The van der Waals surface area contributed by atoms with Crippen LogP contribution in [0.4, 0.5) is 0 Å². The average molecular weight is 453 g/mol. The van der Waals surface area contributed by atoms with E-state index in [9.17, 15) is 4.79 Å². The van der Waals surface area contributed by atoms with Gasteiger partial charge in [-0.05, 0) is 50.1 Å². The van der Waals surface area contributed by atoms with Crippen LogP contribution in [0.3, 0.4) is 0 Å². The third-order valence-electron chi connectivity index (χ3n) is 5.46. The van der Waals surface area contributed by atoms with Crippen molar-refractivity contribution in [1.82, 2.24) is 20.1 Å². The maximum Gasteiger partial charge on any atom is 0.233 e. The highest BCUT2D eigenvalue weighted by molar-refractivity contribution is 8.00. The van der Waals surface area contributed by atoms with Crippen molar-refractivity contribution in [1.29, 1.82) is 0 Å². The number of para-hydroxylation sites is 1. The fraction of sp³-hybridized carbons (Fsp3) is 0.348. The Morgan fingerprint density at radius 2 is 2.03 bits per heavy atom. The van der Waals surface area contributed by atoms with E-state index in [2.05, 4.69) is 15.5 Å². The lowest BCUT2D eigenvalue weighted by Crippen LogP contribution is -2.36. The number of nitrogens with one attached hydrogen (secondary N) is 1. The topological polar surface area (TPSA) is 87.5 Å². The Morgan fingerprint density at radius 3 is 2.84 bits per heavy atom. The number of hydrogen-bond acceptors (Lipinski definition) is 7. The van der Waals surface area contributed by atoms with Crippen molar-refractivity contribution in [3.8, 4) is 28.6 Å². The lowest BCUT2D eigenvalue weighted by molar-refractivity contribution is -0.120. The van der Waals surface area contributed by atoms with Crippen LogP contribution in [-0.2, 0) is 9.53 Å². The van der Waals surface area contributed by atoms with E-state index in [0.29, 0.717) is 29.0 Å². The molecular weight excluding hydrogens is 428 g/mol. The van der Waals surface area contributed by atoms with E-state index in [-0.39, 0.29) is 24.1 Å². The molecule has 1 fully saturated rings. The molecule has 9 heteroatoms. The zero-order valence-corrected chi connectivity index (χ0v) is 18.5. The van der Waals surface area contributed by atoms with Crippen LogP contribution < -0.4 is 14.8 Å². The summed E-state index contributed by atoms with van der Waals surface area (Å²) in [5.74, 6) is 2.02. The zero-order valence-electron chi connectivity index (χ0n) is 17.7. The van der Waals surface area contributed by atoms with Gasteiger partial charge in [0.2, 0.25) is 12.7 Å². The van der Waals surface area contributed by atoms with Gasteiger partial charge in [0.1, 0.15) is 0 Å². The van der Waals surface area contributed by atoms with Gasteiger partial charge in [-0.15, -0.1) is 10.2 Å². The van der Waals surface area contributed by atoms with E-state index < -0.39 is 0 Å². The van der Waals surface area contributed by atoms with Gasteiger partial charge < -0.3 is 19.5 Å². The average Bonchev–Trinajstić information content (AvgIpc) is 3.58. The van der Waals surface area contributed by atoms with Gasteiger partial charge >= 0.3 is 0 Å². The highest BCUT2D eigenvalue weighted by Crippen LogP contribution is 2.37. The fourth-order valence-electron chi connectivity index (χ4n) is 3.75. The minimum atomic E-state index is -0.340. The predicted octanol–water partition coefficient (Wildman–Crippen LogP) is 3.44. The highest BCUT2D eigenvalue weighted by Gasteiger charge is 2.24. The van der Waals surface area contributed by atoms with Crippen LogP contribution >= 0.6 is 11.8 Å². The van der Waals surface area contributed by atoms with Gasteiger partial charge in [-0.2, -0.15) is 0 Å². The molecule has 1 N–H and O–H groups in total. The molecule has 2 atom stereocenters. The molecule has 1 amide bonds. The Labute approximate surface area is 190 Å². The maximum absolute atomic E-state index is 12.7. The second-order valence-electron chi connectivity index (χ2n) is 7.69. The van der Waals surface area contributed by atoms with Crippen molar-refractivity contribution in [2.24, 2.45) is 0 Å². The number of rotatable bonds is 7. The van der Waals surface area contributed by atoms with Gasteiger partial charge in [0.15, 0.2) is 22.5 Å². The first-order valence-corrected chi connectivity index (χ1v) is 11.5. The molecule has 2 aliphatic rings. The van der Waals surface area contributed by atoms with Crippen molar-refractivity contribution in [2.45, 2.75) is 36.3 Å². The molecule has 1 aromatic heterocycles. The minimum Gasteiger partial charge on any atom is -0.454 e. The number of benzene rings is 2. The molecule has 5 rings (SSSR count). The summed E-state index contributed by atoms with van der Waals surface area (Å²) >= 11 is 1.38. The first kappa shape index (κ1) is 20.8. The number of carbonyl (C=O) groups excluding carboxylic acids is 1. The first-order valence-electron chi connectivity index (χ1n) is 10.7. The molecular formula is C23H24N4O4S. The molecule has 0 bridgehead atoms. The molecule has 166 valence electrons. The second kappa shape index (κ2) is 9.22. The molecule has 3 aromatic rings. The number of thioether (sulfide) groups is 1. The summed E-state index contributed by atoms with van der Waals surface area (Å²) in [7, 11) is 0. The van der Waals surface area contributed by atoms with Crippen molar-refractivity contribution in [3.63, 3.8) is 0 Å². The van der Waals surface area contributed by atoms with Crippen molar-refractivity contribution < 1.29 is 19.0 Å². The summed E-state index contributed by atoms with van der Waals surface area (Å²) in [5, 5.41) is 12.2. The number of carbonyl (C=O) groups is 1. The van der Waals surface area contributed by atoms with Gasteiger partial charge in [0.05, 0.1) is 11.4 Å². The number of aromatic nitrogens is 3. The zero-order chi connectivity index (χ0) is 21.9. The maximum atomic E-state index is 12.7. The summed E-state index contributed by atoms with van der Waals surface area (Å²) < 4.78 is 18.5. The standard InChI is InChI=1S/C23H24N4O4S/c1-15(22(28)24-13-18-8-5-11-29-18)32-23-26-25-21(27(23)17-6-3-2-4-7-17)16-9-10-19-20(12-16)31-14-30-19/h2-4,6-7,9-10,12,15,18H,5,8,11,13-14H2,1H3,(H,24,28)/t15-,18+/m1/s1. The Bertz CT molecular complexity index is 1100. The molecule has 0 unspecified atom stereocenters. The molecule has 32 heavy (non-hydrogen) atoms. The third-order valence-corrected chi connectivity index (χ3v) is 6.50. The number of ether oxygens (including phenoxy) is 3. The molecule has 2 aromatic carbocycles. The van der Waals surface area contributed by atoms with E-state index in [1.807, 2.05) is 60.0 Å². The lowest BCUT2D eigenvalue weighted by Gasteiger charge is -2.15. The molecule has 8 nitrogen and oxygen atoms in total. The summed E-state index contributed by atoms with van der Waals surface area (Å²) in [6.07, 6.45) is 2.15.